The topological polar surface area (TPSA) is 69.0 Å². The Balaban J connectivity index is 1.56. The molecule has 3 rings (SSSR count). The van der Waals surface area contributed by atoms with Gasteiger partial charge in [0.05, 0.1) is 11.3 Å². The molecule has 1 aromatic heterocycles. The zero-order valence-electron chi connectivity index (χ0n) is 17.2. The first-order valence-corrected chi connectivity index (χ1v) is 10.3. The van der Waals surface area contributed by atoms with Crippen molar-refractivity contribution in [3.8, 4) is 5.75 Å². The van der Waals surface area contributed by atoms with Crippen molar-refractivity contribution in [2.45, 2.75) is 31.8 Å². The molecule has 0 aliphatic carbocycles. The van der Waals surface area contributed by atoms with Gasteiger partial charge >= 0.3 is 6.18 Å². The third kappa shape index (κ3) is 5.78. The number of hydrogen-bond acceptors (Lipinski definition) is 5. The van der Waals surface area contributed by atoms with E-state index in [1.165, 1.54) is 12.1 Å². The van der Waals surface area contributed by atoms with Gasteiger partial charge in [-0.05, 0) is 49.2 Å². The number of ether oxygens (including phenoxy) is 1. The molecule has 6 nitrogen and oxygen atoms in total. The van der Waals surface area contributed by atoms with Crippen LogP contribution in [0.3, 0.4) is 0 Å². The number of amides is 1. The van der Waals surface area contributed by atoms with E-state index < -0.39 is 17.6 Å². The second-order valence-electron chi connectivity index (χ2n) is 6.86. The Morgan fingerprint density at radius 1 is 1.16 bits per heavy atom. The van der Waals surface area contributed by atoms with Crippen LogP contribution in [0.4, 0.5) is 18.9 Å². The van der Waals surface area contributed by atoms with Crippen molar-refractivity contribution in [1.82, 2.24) is 14.8 Å². The maximum Gasteiger partial charge on any atom is 0.416 e. The van der Waals surface area contributed by atoms with E-state index in [4.69, 9.17) is 4.74 Å². The van der Waals surface area contributed by atoms with Gasteiger partial charge < -0.3 is 14.6 Å². The van der Waals surface area contributed by atoms with Gasteiger partial charge in [-0.3, -0.25) is 4.79 Å². The fourth-order valence-electron chi connectivity index (χ4n) is 2.72. The smallest absolute Gasteiger partial charge is 0.416 e. The lowest BCUT2D eigenvalue weighted by molar-refractivity contribution is -0.137. The number of anilines is 1. The minimum Gasteiger partial charge on any atom is -0.485 e. The van der Waals surface area contributed by atoms with Crippen molar-refractivity contribution in [3.05, 3.63) is 65.0 Å². The molecular weight excluding hydrogens is 429 g/mol. The van der Waals surface area contributed by atoms with Gasteiger partial charge in [-0.1, -0.05) is 30.0 Å². The molecule has 0 unspecified atom stereocenters. The Hall–Kier alpha value is -3.01. The fourth-order valence-corrected chi connectivity index (χ4v) is 3.45. The Morgan fingerprint density at radius 2 is 1.90 bits per heavy atom. The molecule has 0 bridgehead atoms. The first kappa shape index (κ1) is 22.7. The number of hydrogen-bond donors (Lipinski definition) is 1. The van der Waals surface area contributed by atoms with Crippen LogP contribution in [0, 0.1) is 13.8 Å². The molecule has 1 N–H and O–H groups in total. The van der Waals surface area contributed by atoms with Gasteiger partial charge in [-0.25, -0.2) is 0 Å². The number of nitrogens with one attached hydrogen (secondary N) is 1. The summed E-state index contributed by atoms with van der Waals surface area (Å²) in [6.45, 7) is 4.19. The summed E-state index contributed by atoms with van der Waals surface area (Å²) in [6, 6.07) is 10.3. The summed E-state index contributed by atoms with van der Waals surface area (Å²) in [4.78, 5) is 12.1. The van der Waals surface area contributed by atoms with Crippen LogP contribution in [-0.2, 0) is 24.6 Å². The highest BCUT2D eigenvalue weighted by atomic mass is 32.2. The van der Waals surface area contributed by atoms with Crippen molar-refractivity contribution < 1.29 is 22.7 Å². The summed E-state index contributed by atoms with van der Waals surface area (Å²) in [5.74, 6) is 0.875. The van der Waals surface area contributed by atoms with Gasteiger partial charge in [0.2, 0.25) is 5.91 Å². The number of halogens is 3. The molecule has 1 heterocycles. The standard InChI is InChI=1S/C21H21F3N4O2S/c1-13-6-4-9-17(14(13)2)30-11-18-26-27-20(28(18)3)31-12-19(29)25-16-8-5-7-15(10-16)21(22,23)24/h4-10H,11-12H2,1-3H3,(H,25,29). The maximum absolute atomic E-state index is 12.8. The van der Waals surface area contributed by atoms with E-state index >= 15 is 0 Å². The third-order valence-electron chi connectivity index (χ3n) is 4.64. The number of benzene rings is 2. The van der Waals surface area contributed by atoms with Crippen molar-refractivity contribution in [3.63, 3.8) is 0 Å². The molecule has 0 aliphatic rings. The maximum atomic E-state index is 12.8. The molecule has 31 heavy (non-hydrogen) atoms. The normalized spacial score (nSPS) is 11.4. The largest absolute Gasteiger partial charge is 0.485 e. The van der Waals surface area contributed by atoms with E-state index in [0.717, 1.165) is 40.8 Å². The highest BCUT2D eigenvalue weighted by Crippen LogP contribution is 2.30. The van der Waals surface area contributed by atoms with E-state index in [0.29, 0.717) is 11.0 Å². The number of alkyl halides is 3. The molecule has 164 valence electrons. The van der Waals surface area contributed by atoms with E-state index in [2.05, 4.69) is 15.5 Å². The highest BCUT2D eigenvalue weighted by Gasteiger charge is 2.30. The Morgan fingerprint density at radius 3 is 2.65 bits per heavy atom. The molecular formula is C21H21F3N4O2S. The minimum absolute atomic E-state index is 0.0277. The van der Waals surface area contributed by atoms with Crippen molar-refractivity contribution in [2.75, 3.05) is 11.1 Å². The van der Waals surface area contributed by atoms with E-state index in [9.17, 15) is 18.0 Å². The minimum atomic E-state index is -4.47. The number of aromatic nitrogens is 3. The molecule has 0 saturated heterocycles. The summed E-state index contributed by atoms with van der Waals surface area (Å²) < 4.78 is 45.9. The van der Waals surface area contributed by atoms with Crippen LogP contribution in [0.5, 0.6) is 5.75 Å². The van der Waals surface area contributed by atoms with E-state index in [-0.39, 0.29) is 18.0 Å². The van der Waals surface area contributed by atoms with Gasteiger partial charge in [-0.2, -0.15) is 13.2 Å². The summed E-state index contributed by atoms with van der Waals surface area (Å²) in [5.41, 5.74) is 1.43. The first-order valence-electron chi connectivity index (χ1n) is 9.32. The number of thioether (sulfide) groups is 1. The second-order valence-corrected chi connectivity index (χ2v) is 7.80. The Bertz CT molecular complexity index is 1080. The Kier molecular flexibility index (Phi) is 6.89. The van der Waals surface area contributed by atoms with Crippen molar-refractivity contribution >= 4 is 23.4 Å². The molecule has 3 aromatic rings. The van der Waals surface area contributed by atoms with Gasteiger partial charge in [0.15, 0.2) is 11.0 Å². The van der Waals surface area contributed by atoms with Gasteiger partial charge in [-0.15, -0.1) is 10.2 Å². The zero-order valence-corrected chi connectivity index (χ0v) is 18.0. The number of carbonyl (C=O) groups excluding carboxylic acids is 1. The number of aryl methyl sites for hydroxylation is 1. The van der Waals surface area contributed by atoms with Crippen LogP contribution in [0.2, 0.25) is 0 Å². The van der Waals surface area contributed by atoms with Gasteiger partial charge in [0.1, 0.15) is 12.4 Å². The summed E-state index contributed by atoms with van der Waals surface area (Å²) in [7, 11) is 1.76. The number of rotatable bonds is 7. The summed E-state index contributed by atoms with van der Waals surface area (Å²) >= 11 is 1.13. The summed E-state index contributed by atoms with van der Waals surface area (Å²) in [6.07, 6.45) is -4.47. The molecule has 0 aliphatic heterocycles. The molecule has 2 aromatic carbocycles. The third-order valence-corrected chi connectivity index (χ3v) is 5.66. The molecule has 0 radical (unpaired) electrons. The predicted molar refractivity (Wildman–Crippen MR) is 112 cm³/mol. The molecule has 0 spiro atoms. The average Bonchev–Trinajstić information content (AvgIpc) is 3.07. The lowest BCUT2D eigenvalue weighted by Crippen LogP contribution is -2.15. The van der Waals surface area contributed by atoms with Crippen LogP contribution >= 0.6 is 11.8 Å². The summed E-state index contributed by atoms with van der Waals surface area (Å²) in [5, 5.41) is 11.1. The quantitative estimate of drug-likeness (QED) is 0.526. The average molecular weight is 450 g/mol. The lowest BCUT2D eigenvalue weighted by atomic mass is 10.1. The number of carbonyl (C=O) groups is 1. The monoisotopic (exact) mass is 450 g/mol. The van der Waals surface area contributed by atoms with E-state index in [1.807, 2.05) is 32.0 Å². The van der Waals surface area contributed by atoms with Gasteiger partial charge in [0, 0.05) is 12.7 Å². The predicted octanol–water partition coefficient (Wildman–Crippen LogP) is 4.76. The van der Waals surface area contributed by atoms with Gasteiger partial charge in [0.25, 0.3) is 0 Å². The molecule has 10 heteroatoms. The highest BCUT2D eigenvalue weighted by molar-refractivity contribution is 7.99. The fraction of sp³-hybridized carbons (Fsp3) is 0.286. The SMILES string of the molecule is Cc1cccc(OCc2nnc(SCC(=O)Nc3cccc(C(F)(F)F)c3)n2C)c1C. The molecule has 0 atom stereocenters. The lowest BCUT2D eigenvalue weighted by Gasteiger charge is -2.11. The van der Waals surface area contributed by atoms with Crippen LogP contribution < -0.4 is 10.1 Å². The molecule has 0 saturated carbocycles. The van der Waals surface area contributed by atoms with Crippen LogP contribution in [0.15, 0.2) is 47.6 Å². The van der Waals surface area contributed by atoms with E-state index in [1.54, 1.807) is 11.6 Å². The second kappa shape index (κ2) is 9.42. The van der Waals surface area contributed by atoms with Crippen molar-refractivity contribution in [1.29, 1.82) is 0 Å². The van der Waals surface area contributed by atoms with Crippen molar-refractivity contribution in [2.24, 2.45) is 7.05 Å². The molecule has 0 fully saturated rings. The van der Waals surface area contributed by atoms with Crippen LogP contribution in [0.1, 0.15) is 22.5 Å². The molecule has 1 amide bonds. The zero-order chi connectivity index (χ0) is 22.6. The van der Waals surface area contributed by atoms with Crippen LogP contribution in [0.25, 0.3) is 0 Å². The first-order chi connectivity index (χ1) is 14.6. The van der Waals surface area contributed by atoms with Crippen LogP contribution in [-0.4, -0.2) is 26.4 Å². The Labute approximate surface area is 181 Å². The number of nitrogens with zero attached hydrogens (tertiary/aromatic N) is 3.